The summed E-state index contributed by atoms with van der Waals surface area (Å²) in [6.07, 6.45) is 0. The van der Waals surface area contributed by atoms with Gasteiger partial charge in [0.05, 0.1) is 11.3 Å². The summed E-state index contributed by atoms with van der Waals surface area (Å²) >= 11 is 1.37. The van der Waals surface area contributed by atoms with Gasteiger partial charge in [-0.05, 0) is 29.8 Å². The lowest BCUT2D eigenvalue weighted by atomic mass is 10.1. The molecule has 0 saturated heterocycles. The van der Waals surface area contributed by atoms with E-state index in [2.05, 4.69) is 9.97 Å². The van der Waals surface area contributed by atoms with E-state index in [0.717, 1.165) is 5.56 Å². The molecule has 0 saturated carbocycles. The molecule has 0 bridgehead atoms. The van der Waals surface area contributed by atoms with E-state index >= 15 is 0 Å². The van der Waals surface area contributed by atoms with Crippen LogP contribution in [0.1, 0.15) is 21.6 Å². The van der Waals surface area contributed by atoms with E-state index in [0.29, 0.717) is 22.4 Å². The number of carboxylic acids is 1. The van der Waals surface area contributed by atoms with Gasteiger partial charge in [-0.15, -0.1) is 0 Å². The van der Waals surface area contributed by atoms with E-state index in [1.54, 1.807) is 24.3 Å². The van der Waals surface area contributed by atoms with Gasteiger partial charge in [-0.25, -0.2) is 9.78 Å². The fraction of sp³-hybridized carbons (Fsp3) is 0.105. The Kier molecular flexibility index (Phi) is 5.70. The van der Waals surface area contributed by atoms with Gasteiger partial charge in [-0.2, -0.15) is 0 Å². The third-order valence-corrected chi connectivity index (χ3v) is 4.42. The summed E-state index contributed by atoms with van der Waals surface area (Å²) in [6, 6.07) is 17.3. The number of thioether (sulfide) groups is 1. The predicted octanol–water partition coefficient (Wildman–Crippen LogP) is 3.34. The summed E-state index contributed by atoms with van der Waals surface area (Å²) in [5.41, 5.74) is 1.48. The Balaban J connectivity index is 1.63. The van der Waals surface area contributed by atoms with Gasteiger partial charge in [0, 0.05) is 11.8 Å². The van der Waals surface area contributed by atoms with Crippen molar-refractivity contribution in [2.24, 2.45) is 0 Å². The van der Waals surface area contributed by atoms with Gasteiger partial charge >= 0.3 is 5.97 Å². The highest BCUT2D eigenvalue weighted by molar-refractivity contribution is 7.98. The minimum atomic E-state index is -0.957. The number of hydrogen-bond donors (Lipinski definition) is 2. The molecule has 0 unspecified atom stereocenters. The zero-order valence-electron chi connectivity index (χ0n) is 13.7. The Morgan fingerprint density at radius 2 is 1.85 bits per heavy atom. The number of nitrogens with zero attached hydrogens (tertiary/aromatic N) is 1. The first-order chi connectivity index (χ1) is 12.6. The molecule has 0 fully saturated rings. The van der Waals surface area contributed by atoms with Crippen LogP contribution in [0.4, 0.5) is 0 Å². The highest BCUT2D eigenvalue weighted by atomic mass is 32.2. The summed E-state index contributed by atoms with van der Waals surface area (Å²) < 4.78 is 5.62. The number of H-pyrrole nitrogens is 1. The SMILES string of the molecule is O=C(O)c1ccc(CSc2nc(COc3ccccc3)cc(=O)[nH]2)cc1. The minimum Gasteiger partial charge on any atom is -0.487 e. The number of aromatic nitrogens is 2. The number of aromatic amines is 1. The van der Waals surface area contributed by atoms with Crippen molar-refractivity contribution in [3.63, 3.8) is 0 Å². The Bertz CT molecular complexity index is 940. The number of nitrogens with one attached hydrogen (secondary N) is 1. The van der Waals surface area contributed by atoms with Crippen LogP contribution >= 0.6 is 11.8 Å². The van der Waals surface area contributed by atoms with Gasteiger partial charge in [0.2, 0.25) is 0 Å². The lowest BCUT2D eigenvalue weighted by Crippen LogP contribution is -2.11. The normalized spacial score (nSPS) is 10.5. The first-order valence-corrected chi connectivity index (χ1v) is 8.82. The second-order valence-electron chi connectivity index (χ2n) is 5.43. The van der Waals surface area contributed by atoms with Crippen molar-refractivity contribution in [3.05, 3.63) is 87.8 Å². The summed E-state index contributed by atoms with van der Waals surface area (Å²) in [5, 5.41) is 9.40. The number of para-hydroxylation sites is 1. The van der Waals surface area contributed by atoms with Crippen LogP contribution in [0.5, 0.6) is 5.75 Å². The van der Waals surface area contributed by atoms with Crippen LogP contribution in [0.3, 0.4) is 0 Å². The molecule has 6 nitrogen and oxygen atoms in total. The van der Waals surface area contributed by atoms with E-state index in [1.165, 1.54) is 17.8 Å². The number of benzene rings is 2. The number of rotatable bonds is 7. The molecule has 0 atom stereocenters. The van der Waals surface area contributed by atoms with Gasteiger partial charge in [-0.3, -0.25) is 4.79 Å². The van der Waals surface area contributed by atoms with Crippen LogP contribution in [0.25, 0.3) is 0 Å². The maximum atomic E-state index is 11.8. The summed E-state index contributed by atoms with van der Waals surface area (Å²) in [5.74, 6) is 0.315. The van der Waals surface area contributed by atoms with Crippen LogP contribution in [-0.2, 0) is 12.4 Å². The molecule has 7 heteroatoms. The second-order valence-corrected chi connectivity index (χ2v) is 6.40. The van der Waals surface area contributed by atoms with Gasteiger partial charge < -0.3 is 14.8 Å². The van der Waals surface area contributed by atoms with Gasteiger partial charge in [-0.1, -0.05) is 42.1 Å². The third-order valence-electron chi connectivity index (χ3n) is 3.48. The topological polar surface area (TPSA) is 92.3 Å². The van der Waals surface area contributed by atoms with Crippen LogP contribution in [-0.4, -0.2) is 21.0 Å². The molecule has 26 heavy (non-hydrogen) atoms. The van der Waals surface area contributed by atoms with Crippen molar-refractivity contribution in [3.8, 4) is 5.75 Å². The van der Waals surface area contributed by atoms with Gasteiger partial charge in [0.25, 0.3) is 5.56 Å². The Morgan fingerprint density at radius 1 is 1.12 bits per heavy atom. The van der Waals surface area contributed by atoms with Crippen molar-refractivity contribution in [2.45, 2.75) is 17.5 Å². The number of hydrogen-bond acceptors (Lipinski definition) is 5. The number of carbonyl (C=O) groups is 1. The van der Waals surface area contributed by atoms with E-state index in [9.17, 15) is 9.59 Å². The minimum absolute atomic E-state index is 0.203. The predicted molar refractivity (Wildman–Crippen MR) is 98.6 cm³/mol. The zero-order valence-corrected chi connectivity index (χ0v) is 14.5. The average molecular weight is 368 g/mol. The van der Waals surface area contributed by atoms with E-state index < -0.39 is 5.97 Å². The first-order valence-electron chi connectivity index (χ1n) is 7.83. The molecule has 0 amide bonds. The average Bonchev–Trinajstić information content (AvgIpc) is 2.65. The van der Waals surface area contributed by atoms with Crippen molar-refractivity contribution < 1.29 is 14.6 Å². The quantitative estimate of drug-likeness (QED) is 0.491. The molecule has 0 aliphatic heterocycles. The lowest BCUT2D eigenvalue weighted by Gasteiger charge is -2.07. The highest BCUT2D eigenvalue weighted by Crippen LogP contribution is 2.19. The van der Waals surface area contributed by atoms with Crippen LogP contribution in [0.2, 0.25) is 0 Å². The fourth-order valence-electron chi connectivity index (χ4n) is 2.19. The van der Waals surface area contributed by atoms with Crippen LogP contribution in [0.15, 0.2) is 70.6 Å². The summed E-state index contributed by atoms with van der Waals surface area (Å²) in [4.78, 5) is 29.8. The lowest BCUT2D eigenvalue weighted by molar-refractivity contribution is 0.0697. The van der Waals surface area contributed by atoms with Crippen LogP contribution < -0.4 is 10.3 Å². The van der Waals surface area contributed by atoms with Crippen molar-refractivity contribution in [2.75, 3.05) is 0 Å². The highest BCUT2D eigenvalue weighted by Gasteiger charge is 2.06. The van der Waals surface area contributed by atoms with Crippen molar-refractivity contribution in [1.82, 2.24) is 9.97 Å². The van der Waals surface area contributed by atoms with E-state index in [-0.39, 0.29) is 17.7 Å². The molecule has 2 aromatic carbocycles. The van der Waals surface area contributed by atoms with Gasteiger partial charge in [0.15, 0.2) is 5.16 Å². The Morgan fingerprint density at radius 3 is 2.54 bits per heavy atom. The molecule has 0 aliphatic carbocycles. The second kappa shape index (κ2) is 8.35. The maximum Gasteiger partial charge on any atom is 0.335 e. The summed E-state index contributed by atoms with van der Waals surface area (Å²) in [7, 11) is 0. The largest absolute Gasteiger partial charge is 0.487 e. The summed E-state index contributed by atoms with van der Waals surface area (Å²) in [6.45, 7) is 0.203. The van der Waals surface area contributed by atoms with Crippen molar-refractivity contribution >= 4 is 17.7 Å². The number of aromatic carboxylic acids is 1. The molecule has 2 N–H and O–H groups in total. The Labute approximate surface area is 153 Å². The molecule has 3 aromatic rings. The molecule has 132 valence electrons. The van der Waals surface area contributed by atoms with Gasteiger partial charge in [0.1, 0.15) is 12.4 Å². The molecule has 1 heterocycles. The number of ether oxygens (including phenoxy) is 1. The molecule has 0 aliphatic rings. The smallest absolute Gasteiger partial charge is 0.335 e. The molecular formula is C19H16N2O4S. The number of carboxylic acid groups (broad SMARTS) is 1. The maximum absolute atomic E-state index is 11.8. The standard InChI is InChI=1S/C19H16N2O4S/c22-17-10-15(11-25-16-4-2-1-3-5-16)20-19(21-17)26-12-13-6-8-14(9-7-13)18(23)24/h1-10H,11-12H2,(H,23,24)(H,20,21,22). The molecule has 0 spiro atoms. The van der Waals surface area contributed by atoms with Crippen LogP contribution in [0, 0.1) is 0 Å². The van der Waals surface area contributed by atoms with Crippen molar-refractivity contribution in [1.29, 1.82) is 0 Å². The molecule has 0 radical (unpaired) electrons. The molecule has 3 rings (SSSR count). The van der Waals surface area contributed by atoms with E-state index in [1.807, 2.05) is 30.3 Å². The molecule has 1 aromatic heterocycles. The molecular weight excluding hydrogens is 352 g/mol. The fourth-order valence-corrected chi connectivity index (χ4v) is 3.05. The first kappa shape index (κ1) is 17.8. The zero-order chi connectivity index (χ0) is 18.4. The monoisotopic (exact) mass is 368 g/mol. The van der Waals surface area contributed by atoms with E-state index in [4.69, 9.17) is 9.84 Å². The third kappa shape index (κ3) is 4.97. The Hall–Kier alpha value is -3.06.